The fourth-order valence-corrected chi connectivity index (χ4v) is 2.38. The lowest BCUT2D eigenvalue weighted by Gasteiger charge is -2.05. The first-order chi connectivity index (χ1) is 8.60. The second kappa shape index (κ2) is 9.80. The third kappa shape index (κ3) is 5.94. The Bertz CT molecular complexity index is 431. The molecule has 0 saturated carbocycles. The van der Waals surface area contributed by atoms with Gasteiger partial charge in [0.15, 0.2) is 0 Å². The van der Waals surface area contributed by atoms with E-state index in [2.05, 4.69) is 27.0 Å². The van der Waals surface area contributed by atoms with Crippen molar-refractivity contribution in [3.63, 3.8) is 0 Å². The van der Waals surface area contributed by atoms with Gasteiger partial charge < -0.3 is 4.74 Å². The lowest BCUT2D eigenvalue weighted by atomic mass is 10.4. The minimum absolute atomic E-state index is 0.247. The first kappa shape index (κ1) is 16.8. The number of methoxy groups -OCH3 is 1. The van der Waals surface area contributed by atoms with Crippen LogP contribution in [-0.4, -0.2) is 35.1 Å². The molecule has 0 aliphatic carbocycles. The largest absolute Gasteiger partial charge is 0.468 e. The maximum Gasteiger partial charge on any atom is 0.316 e. The number of ether oxygens (including phenoxy) is 1. The van der Waals surface area contributed by atoms with Crippen LogP contribution < -0.4 is 0 Å². The molecule has 0 bridgehead atoms. The molecule has 1 aromatic heterocycles. The van der Waals surface area contributed by atoms with Gasteiger partial charge in [-0.3, -0.25) is 4.79 Å². The Hall–Kier alpha value is -1.19. The molecule has 0 fully saturated rings. The Morgan fingerprint density at radius 1 is 1.50 bits per heavy atom. The van der Waals surface area contributed by atoms with Crippen LogP contribution in [0, 0.1) is 19.3 Å². The average Bonchev–Trinajstić information content (AvgIpc) is 2.38. The van der Waals surface area contributed by atoms with Crippen molar-refractivity contribution in [3.05, 3.63) is 11.9 Å². The average molecular weight is 284 g/mol. The molecule has 4 nitrogen and oxygen atoms in total. The van der Waals surface area contributed by atoms with E-state index in [0.717, 1.165) is 15.6 Å². The number of carbonyl (C=O) groups excluding carboxylic acids is 1. The lowest BCUT2D eigenvalue weighted by Crippen LogP contribution is -2.04. The van der Waals surface area contributed by atoms with Gasteiger partial charge in [0.25, 0.3) is 0 Å². The first-order valence-corrected chi connectivity index (χ1v) is 7.24. The molecule has 0 aliphatic heterocycles. The van der Waals surface area contributed by atoms with Gasteiger partial charge in [-0.05, 0) is 20.1 Å². The molecule has 0 saturated heterocycles. The minimum atomic E-state index is -0.247. The van der Waals surface area contributed by atoms with Crippen LogP contribution in [-0.2, 0) is 9.53 Å². The van der Waals surface area contributed by atoms with Crippen molar-refractivity contribution in [2.24, 2.45) is 0 Å². The Morgan fingerprint density at radius 3 is 2.56 bits per heavy atom. The number of thioether (sulfide) groups is 2. The predicted octanol–water partition coefficient (Wildman–Crippen LogP) is 2.41. The fraction of sp³-hybridized carbons (Fsp3) is 0.417. The summed E-state index contributed by atoms with van der Waals surface area (Å²) in [6, 6.07) is 0. The van der Waals surface area contributed by atoms with Crippen LogP contribution in [0.5, 0.6) is 0 Å². The fourth-order valence-electron chi connectivity index (χ4n) is 0.956. The van der Waals surface area contributed by atoms with Crippen molar-refractivity contribution in [2.75, 3.05) is 19.1 Å². The number of rotatable bonds is 4. The summed E-state index contributed by atoms with van der Waals surface area (Å²) < 4.78 is 4.56. The summed E-state index contributed by atoms with van der Waals surface area (Å²) in [6.45, 7) is 3.60. The Kier molecular flexibility index (Phi) is 9.15. The van der Waals surface area contributed by atoms with Gasteiger partial charge in [0.1, 0.15) is 16.4 Å². The smallest absolute Gasteiger partial charge is 0.316 e. The third-order valence-corrected chi connectivity index (χ3v) is 3.60. The standard InChI is InChI=1S/C9H12N2O2S2.C3H4/c1-6-8(14-3)10-5-11-9(6)15-4-7(12)13-2;1-3-2/h5H,4H2,1-3H3;1H,2H3. The summed E-state index contributed by atoms with van der Waals surface area (Å²) in [7, 11) is 1.38. The predicted molar refractivity (Wildman–Crippen MR) is 75.8 cm³/mol. The van der Waals surface area contributed by atoms with E-state index in [1.165, 1.54) is 25.2 Å². The molecule has 1 aromatic rings. The quantitative estimate of drug-likeness (QED) is 0.366. The lowest BCUT2D eigenvalue weighted by molar-refractivity contribution is -0.137. The van der Waals surface area contributed by atoms with E-state index in [0.29, 0.717) is 0 Å². The highest BCUT2D eigenvalue weighted by atomic mass is 32.2. The van der Waals surface area contributed by atoms with Crippen LogP contribution in [0.3, 0.4) is 0 Å². The number of hydrogen-bond donors (Lipinski definition) is 0. The summed E-state index contributed by atoms with van der Waals surface area (Å²) in [6.07, 6.45) is 8.07. The molecular weight excluding hydrogens is 268 g/mol. The molecule has 0 spiro atoms. The van der Waals surface area contributed by atoms with Crippen molar-refractivity contribution in [3.8, 4) is 12.3 Å². The Morgan fingerprint density at radius 2 is 2.06 bits per heavy atom. The maximum atomic E-state index is 11.0. The summed E-state index contributed by atoms with van der Waals surface area (Å²) >= 11 is 2.94. The van der Waals surface area contributed by atoms with Crippen molar-refractivity contribution in [1.29, 1.82) is 0 Å². The van der Waals surface area contributed by atoms with Crippen LogP contribution in [0.2, 0.25) is 0 Å². The van der Waals surface area contributed by atoms with Crippen molar-refractivity contribution < 1.29 is 9.53 Å². The molecule has 0 atom stereocenters. The van der Waals surface area contributed by atoms with Crippen LogP contribution in [0.25, 0.3) is 0 Å². The molecule has 6 heteroatoms. The molecule has 1 rings (SSSR count). The summed E-state index contributed by atoms with van der Waals surface area (Å²) in [5.41, 5.74) is 1.01. The molecule has 0 amide bonds. The minimum Gasteiger partial charge on any atom is -0.468 e. The molecule has 1 heterocycles. The zero-order valence-corrected chi connectivity index (χ0v) is 12.5. The van der Waals surface area contributed by atoms with Gasteiger partial charge in [0.2, 0.25) is 0 Å². The van der Waals surface area contributed by atoms with Gasteiger partial charge in [0.05, 0.1) is 12.9 Å². The highest BCUT2D eigenvalue weighted by Gasteiger charge is 2.09. The summed E-state index contributed by atoms with van der Waals surface area (Å²) in [5.74, 6) is 2.28. The van der Waals surface area contributed by atoms with E-state index < -0.39 is 0 Å². The number of carbonyl (C=O) groups is 1. The maximum absolute atomic E-state index is 11.0. The normalized spacial score (nSPS) is 8.83. The number of nitrogens with zero attached hydrogens (tertiary/aromatic N) is 2. The van der Waals surface area contributed by atoms with Crippen LogP contribution in [0.4, 0.5) is 0 Å². The zero-order chi connectivity index (χ0) is 14.0. The highest BCUT2D eigenvalue weighted by molar-refractivity contribution is 8.00. The second-order valence-electron chi connectivity index (χ2n) is 2.97. The van der Waals surface area contributed by atoms with Gasteiger partial charge in [-0.1, -0.05) is 11.8 Å². The van der Waals surface area contributed by atoms with E-state index in [-0.39, 0.29) is 11.7 Å². The molecular formula is C12H16N2O2S2. The van der Waals surface area contributed by atoms with Crippen molar-refractivity contribution >= 4 is 29.5 Å². The molecule has 0 aliphatic rings. The van der Waals surface area contributed by atoms with E-state index in [1.807, 2.05) is 13.2 Å². The molecule has 0 N–H and O–H groups in total. The van der Waals surface area contributed by atoms with Crippen LogP contribution in [0.1, 0.15) is 12.5 Å². The van der Waals surface area contributed by atoms with Gasteiger partial charge >= 0.3 is 5.97 Å². The number of aromatic nitrogens is 2. The van der Waals surface area contributed by atoms with Gasteiger partial charge in [-0.2, -0.15) is 0 Å². The van der Waals surface area contributed by atoms with E-state index in [9.17, 15) is 4.79 Å². The number of terminal acetylenes is 1. The van der Waals surface area contributed by atoms with Crippen molar-refractivity contribution in [1.82, 2.24) is 9.97 Å². The van der Waals surface area contributed by atoms with E-state index in [1.54, 1.807) is 18.7 Å². The van der Waals surface area contributed by atoms with Crippen LogP contribution in [0.15, 0.2) is 16.4 Å². The summed E-state index contributed by atoms with van der Waals surface area (Å²) in [4.78, 5) is 19.2. The zero-order valence-electron chi connectivity index (χ0n) is 10.9. The molecule has 0 aromatic carbocycles. The van der Waals surface area contributed by atoms with Gasteiger partial charge in [-0.15, -0.1) is 24.1 Å². The Labute approximate surface area is 116 Å². The van der Waals surface area contributed by atoms with Gasteiger partial charge in [0, 0.05) is 5.56 Å². The molecule has 98 valence electrons. The SMILES string of the molecule is C#CC.COC(=O)CSc1ncnc(SC)c1C. The topological polar surface area (TPSA) is 52.1 Å². The monoisotopic (exact) mass is 284 g/mol. The highest BCUT2D eigenvalue weighted by Crippen LogP contribution is 2.25. The van der Waals surface area contributed by atoms with E-state index in [4.69, 9.17) is 0 Å². The van der Waals surface area contributed by atoms with Crippen LogP contribution >= 0.6 is 23.5 Å². The third-order valence-electron chi connectivity index (χ3n) is 1.74. The second-order valence-corrected chi connectivity index (χ2v) is 4.73. The number of esters is 1. The number of hydrogen-bond acceptors (Lipinski definition) is 6. The van der Waals surface area contributed by atoms with Gasteiger partial charge in [-0.25, -0.2) is 9.97 Å². The summed E-state index contributed by atoms with van der Waals surface area (Å²) in [5, 5.41) is 1.78. The molecule has 0 radical (unpaired) electrons. The Balaban J connectivity index is 0.000000873. The molecule has 18 heavy (non-hydrogen) atoms. The van der Waals surface area contributed by atoms with Crippen molar-refractivity contribution in [2.45, 2.75) is 23.9 Å². The first-order valence-electron chi connectivity index (χ1n) is 5.03. The van der Waals surface area contributed by atoms with E-state index >= 15 is 0 Å². The molecule has 0 unspecified atom stereocenters.